The van der Waals surface area contributed by atoms with Crippen LogP contribution in [0.15, 0.2) is 67.1 Å². The molecule has 0 aliphatic carbocycles. The molecule has 6 aromatic rings. The van der Waals surface area contributed by atoms with Crippen LogP contribution in [0.25, 0.3) is 55.8 Å². The Morgan fingerprint density at radius 1 is 1.00 bits per heavy atom. The Balaban J connectivity index is 1.21. The number of phenolic OH excluding ortho intramolecular Hbond substituents is 1. The largest absolute Gasteiger partial charge is 0.508 e. The molecular formula is C30H26FN7O2. The summed E-state index contributed by atoms with van der Waals surface area (Å²) in [6.07, 6.45) is 7.66. The number of fused-ring (bicyclic) bond motifs is 2. The lowest BCUT2D eigenvalue weighted by molar-refractivity contribution is 0.237. The molecule has 1 aliphatic rings. The molecule has 0 unspecified atom stereocenters. The first-order chi connectivity index (χ1) is 19.6. The minimum absolute atomic E-state index is 0.138. The molecule has 200 valence electrons. The number of rotatable bonds is 7. The third-order valence-corrected chi connectivity index (χ3v) is 7.27. The van der Waals surface area contributed by atoms with Crippen molar-refractivity contribution in [2.75, 3.05) is 26.2 Å². The number of hydrogen-bond acceptors (Lipinski definition) is 7. The molecule has 1 aliphatic heterocycles. The van der Waals surface area contributed by atoms with Gasteiger partial charge in [0.25, 0.3) is 0 Å². The van der Waals surface area contributed by atoms with E-state index in [9.17, 15) is 9.50 Å². The summed E-state index contributed by atoms with van der Waals surface area (Å²) in [6, 6.07) is 13.5. The number of phenols is 1. The van der Waals surface area contributed by atoms with Crippen molar-refractivity contribution in [2.24, 2.45) is 0 Å². The molecular weight excluding hydrogens is 509 g/mol. The zero-order chi connectivity index (χ0) is 27.1. The van der Waals surface area contributed by atoms with Crippen molar-refractivity contribution in [3.8, 4) is 45.3 Å². The van der Waals surface area contributed by atoms with Crippen LogP contribution >= 0.6 is 0 Å². The van der Waals surface area contributed by atoms with Crippen molar-refractivity contribution in [3.05, 3.63) is 72.9 Å². The van der Waals surface area contributed by atoms with Gasteiger partial charge in [0, 0.05) is 36.0 Å². The van der Waals surface area contributed by atoms with Crippen LogP contribution in [0.4, 0.5) is 4.39 Å². The van der Waals surface area contributed by atoms with E-state index in [1.165, 1.54) is 25.0 Å². The van der Waals surface area contributed by atoms with Gasteiger partial charge in [0.2, 0.25) is 0 Å². The van der Waals surface area contributed by atoms with Crippen LogP contribution in [0, 0.1) is 5.82 Å². The third-order valence-electron chi connectivity index (χ3n) is 7.27. The molecule has 0 radical (unpaired) electrons. The summed E-state index contributed by atoms with van der Waals surface area (Å²) in [5, 5.41) is 18.3. The Kier molecular flexibility index (Phi) is 6.09. The third kappa shape index (κ3) is 4.62. The average molecular weight is 536 g/mol. The Hall–Kier alpha value is -4.83. The predicted molar refractivity (Wildman–Crippen MR) is 150 cm³/mol. The molecule has 6 heterocycles. The highest BCUT2D eigenvalue weighted by atomic mass is 19.1. The molecule has 5 aromatic heterocycles. The number of aromatic hydroxyl groups is 1. The fraction of sp³-hybridized carbons (Fsp3) is 0.200. The van der Waals surface area contributed by atoms with Gasteiger partial charge in [0.1, 0.15) is 40.8 Å². The Bertz CT molecular complexity index is 1820. The molecule has 40 heavy (non-hydrogen) atoms. The molecule has 1 aromatic carbocycles. The number of halogens is 1. The number of nitrogens with one attached hydrogen (secondary N) is 2. The van der Waals surface area contributed by atoms with Crippen LogP contribution in [-0.4, -0.2) is 66.4 Å². The topological polar surface area (TPSA) is 116 Å². The fourth-order valence-corrected chi connectivity index (χ4v) is 5.32. The molecule has 0 atom stereocenters. The van der Waals surface area contributed by atoms with Gasteiger partial charge in [-0.05, 0) is 79.5 Å². The van der Waals surface area contributed by atoms with E-state index in [1.807, 2.05) is 24.3 Å². The quantitative estimate of drug-likeness (QED) is 0.245. The molecule has 9 nitrogen and oxygen atoms in total. The lowest BCUT2D eigenvalue weighted by Gasteiger charge is -2.15. The van der Waals surface area contributed by atoms with Crippen molar-refractivity contribution in [1.29, 1.82) is 0 Å². The summed E-state index contributed by atoms with van der Waals surface area (Å²) < 4.78 is 20.0. The number of H-pyrrole nitrogens is 2. The van der Waals surface area contributed by atoms with Crippen LogP contribution in [-0.2, 0) is 0 Å². The smallest absolute Gasteiger partial charge is 0.138 e. The zero-order valence-corrected chi connectivity index (χ0v) is 21.6. The maximum atomic E-state index is 14.0. The molecule has 10 heteroatoms. The Morgan fingerprint density at radius 2 is 1.90 bits per heavy atom. The zero-order valence-electron chi connectivity index (χ0n) is 21.6. The number of hydrogen-bond donors (Lipinski definition) is 3. The van der Waals surface area contributed by atoms with Gasteiger partial charge in [-0.1, -0.05) is 0 Å². The second-order valence-corrected chi connectivity index (χ2v) is 9.97. The predicted octanol–water partition coefficient (Wildman–Crippen LogP) is 5.55. The molecule has 1 saturated heterocycles. The van der Waals surface area contributed by atoms with Crippen molar-refractivity contribution in [3.63, 3.8) is 0 Å². The summed E-state index contributed by atoms with van der Waals surface area (Å²) in [7, 11) is 0. The van der Waals surface area contributed by atoms with Gasteiger partial charge in [-0.15, -0.1) is 0 Å². The van der Waals surface area contributed by atoms with Crippen LogP contribution in [0.3, 0.4) is 0 Å². The first-order valence-electron chi connectivity index (χ1n) is 13.2. The summed E-state index contributed by atoms with van der Waals surface area (Å²) >= 11 is 0. The van der Waals surface area contributed by atoms with Crippen molar-refractivity contribution < 1.29 is 14.2 Å². The number of ether oxygens (including phenoxy) is 1. The van der Waals surface area contributed by atoms with E-state index in [4.69, 9.17) is 9.72 Å². The maximum Gasteiger partial charge on any atom is 0.138 e. The first-order valence-corrected chi connectivity index (χ1v) is 13.2. The summed E-state index contributed by atoms with van der Waals surface area (Å²) in [5.41, 5.74) is 6.32. The average Bonchev–Trinajstić information content (AvgIpc) is 3.71. The lowest BCUT2D eigenvalue weighted by atomic mass is 10.0. The molecule has 1 fully saturated rings. The number of aromatic amines is 2. The number of likely N-dealkylation sites (tertiary alicyclic amines) is 1. The van der Waals surface area contributed by atoms with Crippen LogP contribution in [0.1, 0.15) is 12.8 Å². The number of benzene rings is 1. The summed E-state index contributed by atoms with van der Waals surface area (Å²) in [4.78, 5) is 19.5. The Morgan fingerprint density at radius 3 is 2.77 bits per heavy atom. The van der Waals surface area contributed by atoms with Gasteiger partial charge < -0.3 is 14.8 Å². The highest BCUT2D eigenvalue weighted by Crippen LogP contribution is 2.35. The molecule has 0 bridgehead atoms. The van der Waals surface area contributed by atoms with Crippen LogP contribution < -0.4 is 4.74 Å². The van der Waals surface area contributed by atoms with Gasteiger partial charge in [-0.2, -0.15) is 5.10 Å². The number of aromatic nitrogens is 6. The second-order valence-electron chi connectivity index (χ2n) is 9.97. The van der Waals surface area contributed by atoms with Crippen molar-refractivity contribution in [1.82, 2.24) is 35.0 Å². The maximum absolute atomic E-state index is 14.0. The van der Waals surface area contributed by atoms with E-state index in [0.717, 1.165) is 53.4 Å². The van der Waals surface area contributed by atoms with Gasteiger partial charge in [0.05, 0.1) is 23.1 Å². The van der Waals surface area contributed by atoms with Crippen molar-refractivity contribution in [2.45, 2.75) is 12.8 Å². The highest BCUT2D eigenvalue weighted by molar-refractivity contribution is 5.99. The summed E-state index contributed by atoms with van der Waals surface area (Å²) in [6.45, 7) is 3.81. The Labute approximate surface area is 228 Å². The minimum atomic E-state index is -0.513. The highest BCUT2D eigenvalue weighted by Gasteiger charge is 2.17. The van der Waals surface area contributed by atoms with E-state index < -0.39 is 5.82 Å². The van der Waals surface area contributed by atoms with E-state index >= 15 is 0 Å². The molecule has 0 saturated carbocycles. The fourth-order valence-electron chi connectivity index (χ4n) is 5.32. The van der Waals surface area contributed by atoms with E-state index in [-0.39, 0.29) is 5.75 Å². The SMILES string of the molecule is Oc1cc(F)cc(-c2ccnc3[nH]c(-c4n[nH]c5ccc(-c6cncc(OCCN7CCCC7)c6)nc45)cc23)c1. The molecule has 0 spiro atoms. The first kappa shape index (κ1) is 24.2. The normalized spacial score (nSPS) is 13.9. The molecule has 7 rings (SSSR count). The number of nitrogens with zero attached hydrogens (tertiary/aromatic N) is 5. The van der Waals surface area contributed by atoms with Crippen LogP contribution in [0.5, 0.6) is 11.5 Å². The van der Waals surface area contributed by atoms with Gasteiger partial charge in [-0.3, -0.25) is 15.0 Å². The lowest BCUT2D eigenvalue weighted by Crippen LogP contribution is -2.25. The van der Waals surface area contributed by atoms with Gasteiger partial charge in [-0.25, -0.2) is 14.4 Å². The van der Waals surface area contributed by atoms with Crippen LogP contribution in [0.2, 0.25) is 0 Å². The van der Waals surface area contributed by atoms with Gasteiger partial charge >= 0.3 is 0 Å². The van der Waals surface area contributed by atoms with E-state index in [0.29, 0.717) is 40.5 Å². The van der Waals surface area contributed by atoms with E-state index in [1.54, 1.807) is 24.7 Å². The number of pyridine rings is 3. The minimum Gasteiger partial charge on any atom is -0.508 e. The standard InChI is InChI=1S/C30H26FN7O2/c31-20-11-18(12-21(39)14-20)23-5-6-33-30-24(23)15-27(35-30)29-28-26(36-37-29)4-3-25(34-28)19-13-22(17-32-16-19)40-10-9-38-7-1-2-8-38/h3-6,11-17,39H,1-2,7-10H2,(H,33,35)(H,36,37). The van der Waals surface area contributed by atoms with Crippen molar-refractivity contribution >= 4 is 22.1 Å². The van der Waals surface area contributed by atoms with Gasteiger partial charge in [0.15, 0.2) is 0 Å². The summed E-state index contributed by atoms with van der Waals surface area (Å²) in [5.74, 6) is 0.0613. The second kappa shape index (κ2) is 10.0. The molecule has 0 amide bonds. The molecule has 3 N–H and O–H groups in total. The van der Waals surface area contributed by atoms with E-state index in [2.05, 4.69) is 30.0 Å². The monoisotopic (exact) mass is 535 g/mol.